The molecule has 30 heavy (non-hydrogen) atoms. The summed E-state index contributed by atoms with van der Waals surface area (Å²) in [5.41, 5.74) is 4.21. The predicted molar refractivity (Wildman–Crippen MR) is 112 cm³/mol. The van der Waals surface area contributed by atoms with Gasteiger partial charge in [0.25, 0.3) is 0 Å². The van der Waals surface area contributed by atoms with E-state index in [2.05, 4.69) is 20.4 Å². The standard InChI is InChI=1S/C22H22N4O4/c1-14-10-19(30-26-14)17-12-24-22(25-21(17)16-7-9-29-13-16)23-8-6-15-4-5-18(27-2)20(11-15)28-3/h4-5,7,9-13H,6,8H2,1-3H3,(H,23,24,25). The molecule has 8 nitrogen and oxygen atoms in total. The number of rotatable bonds is 8. The zero-order valence-corrected chi connectivity index (χ0v) is 17.0. The summed E-state index contributed by atoms with van der Waals surface area (Å²) in [5, 5.41) is 7.23. The molecule has 154 valence electrons. The number of aromatic nitrogens is 3. The number of nitrogens with zero attached hydrogens (tertiary/aromatic N) is 3. The van der Waals surface area contributed by atoms with Crippen molar-refractivity contribution in [2.75, 3.05) is 26.1 Å². The topological polar surface area (TPSA) is 95.4 Å². The second kappa shape index (κ2) is 8.69. The zero-order valence-electron chi connectivity index (χ0n) is 17.0. The van der Waals surface area contributed by atoms with E-state index in [-0.39, 0.29) is 0 Å². The van der Waals surface area contributed by atoms with Gasteiger partial charge in [0.15, 0.2) is 17.3 Å². The van der Waals surface area contributed by atoms with E-state index < -0.39 is 0 Å². The molecule has 0 bridgehead atoms. The quantitative estimate of drug-likeness (QED) is 0.461. The van der Waals surface area contributed by atoms with Crippen LogP contribution in [0.3, 0.4) is 0 Å². The van der Waals surface area contributed by atoms with Crippen LogP contribution in [0, 0.1) is 6.92 Å². The van der Waals surface area contributed by atoms with Crippen molar-refractivity contribution in [1.29, 1.82) is 0 Å². The molecule has 0 unspecified atom stereocenters. The van der Waals surface area contributed by atoms with E-state index in [4.69, 9.17) is 18.4 Å². The fourth-order valence-corrected chi connectivity index (χ4v) is 3.11. The average Bonchev–Trinajstić information content (AvgIpc) is 3.45. The minimum atomic E-state index is 0.520. The molecule has 8 heteroatoms. The third-order valence-corrected chi connectivity index (χ3v) is 4.62. The molecule has 1 N–H and O–H groups in total. The van der Waals surface area contributed by atoms with Crippen molar-refractivity contribution in [1.82, 2.24) is 15.1 Å². The zero-order chi connectivity index (χ0) is 20.9. The molecule has 0 saturated heterocycles. The van der Waals surface area contributed by atoms with Gasteiger partial charge in [0.1, 0.15) is 0 Å². The number of methoxy groups -OCH3 is 2. The number of aryl methyl sites for hydroxylation is 1. The van der Waals surface area contributed by atoms with Crippen molar-refractivity contribution in [2.24, 2.45) is 0 Å². The van der Waals surface area contributed by atoms with Gasteiger partial charge in [0.2, 0.25) is 5.95 Å². The maximum atomic E-state index is 5.41. The van der Waals surface area contributed by atoms with Crippen LogP contribution >= 0.6 is 0 Å². The summed E-state index contributed by atoms with van der Waals surface area (Å²) in [7, 11) is 3.25. The molecule has 3 aromatic heterocycles. The second-order valence-electron chi connectivity index (χ2n) is 6.67. The van der Waals surface area contributed by atoms with Crippen LogP contribution in [0.5, 0.6) is 11.5 Å². The average molecular weight is 406 g/mol. The Bertz CT molecular complexity index is 1120. The highest BCUT2D eigenvalue weighted by molar-refractivity contribution is 5.77. The maximum absolute atomic E-state index is 5.41. The summed E-state index contributed by atoms with van der Waals surface area (Å²) in [6.07, 6.45) is 5.75. The minimum Gasteiger partial charge on any atom is -0.493 e. The summed E-state index contributed by atoms with van der Waals surface area (Å²) in [5.74, 6) is 2.55. The molecule has 0 aliphatic heterocycles. The van der Waals surface area contributed by atoms with E-state index in [9.17, 15) is 0 Å². The van der Waals surface area contributed by atoms with E-state index in [0.29, 0.717) is 35.4 Å². The molecule has 0 aliphatic rings. The Morgan fingerprint density at radius 2 is 1.93 bits per heavy atom. The smallest absolute Gasteiger partial charge is 0.223 e. The number of ether oxygens (including phenoxy) is 2. The number of hydrogen-bond acceptors (Lipinski definition) is 8. The van der Waals surface area contributed by atoms with Crippen molar-refractivity contribution >= 4 is 5.95 Å². The Kier molecular flexibility index (Phi) is 5.65. The fourth-order valence-electron chi connectivity index (χ4n) is 3.11. The van der Waals surface area contributed by atoms with Crippen LogP contribution in [0.15, 0.2) is 58.0 Å². The Labute approximate surface area is 173 Å². The van der Waals surface area contributed by atoms with Gasteiger partial charge in [-0.1, -0.05) is 11.2 Å². The van der Waals surface area contributed by atoms with Gasteiger partial charge in [-0.25, -0.2) is 9.97 Å². The summed E-state index contributed by atoms with van der Waals surface area (Å²) in [4.78, 5) is 9.12. The molecule has 4 aromatic rings. The molecule has 0 amide bonds. The first-order valence-corrected chi connectivity index (χ1v) is 9.46. The predicted octanol–water partition coefficient (Wildman–Crippen LogP) is 4.37. The molecule has 4 rings (SSSR count). The molecule has 0 radical (unpaired) electrons. The number of hydrogen-bond donors (Lipinski definition) is 1. The molecule has 0 saturated carbocycles. The van der Waals surface area contributed by atoms with Gasteiger partial charge in [-0.3, -0.25) is 0 Å². The van der Waals surface area contributed by atoms with Crippen molar-refractivity contribution in [3.05, 3.63) is 60.3 Å². The molecular weight excluding hydrogens is 384 g/mol. The lowest BCUT2D eigenvalue weighted by Crippen LogP contribution is -2.09. The first kappa shape index (κ1) is 19.5. The first-order valence-electron chi connectivity index (χ1n) is 9.46. The highest BCUT2D eigenvalue weighted by Gasteiger charge is 2.16. The van der Waals surface area contributed by atoms with Gasteiger partial charge in [0, 0.05) is 24.4 Å². The van der Waals surface area contributed by atoms with E-state index in [1.165, 1.54) is 0 Å². The number of nitrogens with one attached hydrogen (secondary N) is 1. The highest BCUT2D eigenvalue weighted by Crippen LogP contribution is 2.31. The normalized spacial score (nSPS) is 10.8. The van der Waals surface area contributed by atoms with Gasteiger partial charge in [-0.15, -0.1) is 0 Å². The third kappa shape index (κ3) is 4.12. The lowest BCUT2D eigenvalue weighted by molar-refractivity contribution is 0.354. The third-order valence-electron chi connectivity index (χ3n) is 4.62. The van der Waals surface area contributed by atoms with Crippen LogP contribution in [0.2, 0.25) is 0 Å². The van der Waals surface area contributed by atoms with Gasteiger partial charge in [-0.2, -0.15) is 0 Å². The second-order valence-corrected chi connectivity index (χ2v) is 6.67. The maximum Gasteiger partial charge on any atom is 0.223 e. The van der Waals surface area contributed by atoms with Gasteiger partial charge < -0.3 is 23.7 Å². The van der Waals surface area contributed by atoms with Crippen molar-refractivity contribution in [2.45, 2.75) is 13.3 Å². The fraction of sp³-hybridized carbons (Fsp3) is 0.227. The lowest BCUT2D eigenvalue weighted by atomic mass is 10.1. The Morgan fingerprint density at radius 3 is 2.63 bits per heavy atom. The minimum absolute atomic E-state index is 0.520. The van der Waals surface area contributed by atoms with Crippen LogP contribution in [0.25, 0.3) is 22.6 Å². The Balaban J connectivity index is 1.52. The van der Waals surface area contributed by atoms with Crippen LogP contribution in [-0.2, 0) is 6.42 Å². The number of benzene rings is 1. The number of anilines is 1. The van der Waals surface area contributed by atoms with Crippen LogP contribution in [-0.4, -0.2) is 35.9 Å². The monoisotopic (exact) mass is 406 g/mol. The Morgan fingerprint density at radius 1 is 1.07 bits per heavy atom. The first-order chi connectivity index (χ1) is 14.7. The van der Waals surface area contributed by atoms with Crippen LogP contribution < -0.4 is 14.8 Å². The largest absolute Gasteiger partial charge is 0.493 e. The van der Waals surface area contributed by atoms with E-state index in [0.717, 1.165) is 28.8 Å². The number of furan rings is 1. The van der Waals surface area contributed by atoms with Crippen molar-refractivity contribution in [3.63, 3.8) is 0 Å². The summed E-state index contributed by atoms with van der Waals surface area (Å²) >= 11 is 0. The Hall–Kier alpha value is -3.81. The summed E-state index contributed by atoms with van der Waals surface area (Å²) < 4.78 is 21.3. The lowest BCUT2D eigenvalue weighted by Gasteiger charge is -2.11. The molecule has 0 atom stereocenters. The van der Waals surface area contributed by atoms with Crippen LogP contribution in [0.4, 0.5) is 5.95 Å². The summed E-state index contributed by atoms with van der Waals surface area (Å²) in [6.45, 7) is 2.52. The van der Waals surface area contributed by atoms with Crippen molar-refractivity contribution < 1.29 is 18.4 Å². The molecule has 3 heterocycles. The highest BCUT2D eigenvalue weighted by atomic mass is 16.5. The molecule has 0 fully saturated rings. The molecule has 0 aliphatic carbocycles. The molecule has 0 spiro atoms. The van der Waals surface area contributed by atoms with Gasteiger partial charge >= 0.3 is 0 Å². The van der Waals surface area contributed by atoms with Crippen molar-refractivity contribution in [3.8, 4) is 34.1 Å². The molecular formula is C22H22N4O4. The van der Waals surface area contributed by atoms with Gasteiger partial charge in [-0.05, 0) is 37.1 Å². The van der Waals surface area contributed by atoms with E-state index >= 15 is 0 Å². The SMILES string of the molecule is COc1ccc(CCNc2ncc(-c3cc(C)no3)c(-c3ccoc3)n2)cc1OC. The van der Waals surface area contributed by atoms with Crippen LogP contribution in [0.1, 0.15) is 11.3 Å². The van der Waals surface area contributed by atoms with E-state index in [1.807, 2.05) is 37.3 Å². The molecule has 1 aromatic carbocycles. The van der Waals surface area contributed by atoms with Gasteiger partial charge in [0.05, 0.1) is 43.7 Å². The summed E-state index contributed by atoms with van der Waals surface area (Å²) in [6, 6.07) is 9.58. The van der Waals surface area contributed by atoms with E-state index in [1.54, 1.807) is 32.9 Å².